The highest BCUT2D eigenvalue weighted by Gasteiger charge is 2.19. The van der Waals surface area contributed by atoms with E-state index in [1.807, 2.05) is 0 Å². The lowest BCUT2D eigenvalue weighted by atomic mass is 10.1. The molecule has 0 rings (SSSR count). The lowest BCUT2D eigenvalue weighted by Gasteiger charge is -2.18. The predicted molar refractivity (Wildman–Crippen MR) is 256 cm³/mol. The maximum atomic E-state index is 12.8. The maximum absolute atomic E-state index is 12.8. The molecule has 346 valence electrons. The minimum absolute atomic E-state index is 0.0845. The minimum atomic E-state index is -0.786. The molecule has 0 bridgehead atoms. The van der Waals surface area contributed by atoms with E-state index < -0.39 is 6.10 Å². The second kappa shape index (κ2) is 48.8. The van der Waals surface area contributed by atoms with Crippen LogP contribution >= 0.6 is 0 Å². The van der Waals surface area contributed by atoms with Gasteiger partial charge in [0, 0.05) is 19.3 Å². The minimum Gasteiger partial charge on any atom is -0.462 e. The summed E-state index contributed by atoms with van der Waals surface area (Å²) in [6, 6.07) is 0. The Morgan fingerprint density at radius 2 is 0.650 bits per heavy atom. The molecule has 0 N–H and O–H groups in total. The van der Waals surface area contributed by atoms with Gasteiger partial charge in [-0.3, -0.25) is 14.4 Å². The molecule has 0 fully saturated rings. The molecule has 1 unspecified atom stereocenters. The third-order valence-electron chi connectivity index (χ3n) is 10.8. The number of allylic oxidation sites excluding steroid dienone is 10. The highest BCUT2D eigenvalue weighted by atomic mass is 16.6. The topological polar surface area (TPSA) is 78.9 Å². The highest BCUT2D eigenvalue weighted by molar-refractivity contribution is 5.71. The molecule has 0 aromatic heterocycles. The fourth-order valence-corrected chi connectivity index (χ4v) is 6.96. The molecule has 60 heavy (non-hydrogen) atoms. The number of carbonyl (C=O) groups excluding carboxylic acids is 3. The average Bonchev–Trinajstić information content (AvgIpc) is 3.24. The van der Waals surface area contributed by atoms with E-state index in [2.05, 4.69) is 81.5 Å². The van der Waals surface area contributed by atoms with Gasteiger partial charge in [-0.2, -0.15) is 0 Å². The van der Waals surface area contributed by atoms with Gasteiger partial charge in [-0.15, -0.1) is 0 Å². The summed E-state index contributed by atoms with van der Waals surface area (Å²) in [7, 11) is 0. The van der Waals surface area contributed by atoms with Crippen LogP contribution in [0.3, 0.4) is 0 Å². The normalized spacial score (nSPS) is 12.5. The predicted octanol–water partition coefficient (Wildman–Crippen LogP) is 16.5. The van der Waals surface area contributed by atoms with Gasteiger partial charge in [0.05, 0.1) is 0 Å². The number of unbranched alkanes of at least 4 members (excludes halogenated alkanes) is 24. The number of esters is 3. The first-order valence-corrected chi connectivity index (χ1v) is 25.3. The van der Waals surface area contributed by atoms with E-state index in [1.165, 1.54) is 103 Å². The highest BCUT2D eigenvalue weighted by Crippen LogP contribution is 2.14. The molecule has 0 aromatic rings. The fraction of sp³-hybridized carbons (Fsp3) is 0.759. The summed E-state index contributed by atoms with van der Waals surface area (Å²) < 4.78 is 16.8. The summed E-state index contributed by atoms with van der Waals surface area (Å²) in [6.45, 7) is 6.47. The quantitative estimate of drug-likeness (QED) is 0.0263. The molecular formula is C54H94O6. The van der Waals surface area contributed by atoms with Gasteiger partial charge in [0.25, 0.3) is 0 Å². The third-order valence-corrected chi connectivity index (χ3v) is 10.8. The summed E-state index contributed by atoms with van der Waals surface area (Å²) in [4.78, 5) is 37.9. The molecule has 0 radical (unpaired) electrons. The van der Waals surface area contributed by atoms with Crippen LogP contribution in [0.2, 0.25) is 0 Å². The van der Waals surface area contributed by atoms with Crippen LogP contribution in [-0.2, 0) is 28.6 Å². The number of hydrogen-bond donors (Lipinski definition) is 0. The monoisotopic (exact) mass is 839 g/mol. The van der Waals surface area contributed by atoms with Gasteiger partial charge in [0.2, 0.25) is 0 Å². The van der Waals surface area contributed by atoms with Gasteiger partial charge in [-0.05, 0) is 83.5 Å². The van der Waals surface area contributed by atoms with Crippen LogP contribution in [0.15, 0.2) is 60.8 Å². The van der Waals surface area contributed by atoms with Crippen LogP contribution in [0.25, 0.3) is 0 Å². The van der Waals surface area contributed by atoms with E-state index >= 15 is 0 Å². The Bertz CT molecular complexity index is 1100. The van der Waals surface area contributed by atoms with Crippen molar-refractivity contribution in [3.63, 3.8) is 0 Å². The van der Waals surface area contributed by atoms with Crippen molar-refractivity contribution in [3.05, 3.63) is 60.8 Å². The lowest BCUT2D eigenvalue weighted by Crippen LogP contribution is -2.30. The molecular weight excluding hydrogens is 745 g/mol. The van der Waals surface area contributed by atoms with Crippen LogP contribution in [0.5, 0.6) is 0 Å². The molecule has 0 aliphatic heterocycles. The van der Waals surface area contributed by atoms with Crippen molar-refractivity contribution in [3.8, 4) is 0 Å². The van der Waals surface area contributed by atoms with Gasteiger partial charge in [0.15, 0.2) is 6.10 Å². The molecule has 0 heterocycles. The van der Waals surface area contributed by atoms with E-state index in [9.17, 15) is 14.4 Å². The van der Waals surface area contributed by atoms with Crippen LogP contribution in [0, 0.1) is 0 Å². The summed E-state index contributed by atoms with van der Waals surface area (Å²) in [5.41, 5.74) is 0. The second-order valence-electron chi connectivity index (χ2n) is 16.7. The largest absolute Gasteiger partial charge is 0.462 e. The van der Waals surface area contributed by atoms with Crippen LogP contribution in [0.1, 0.15) is 245 Å². The van der Waals surface area contributed by atoms with Crippen molar-refractivity contribution in [1.29, 1.82) is 0 Å². The average molecular weight is 839 g/mol. The molecule has 0 saturated heterocycles. The Labute approximate surface area is 370 Å². The number of hydrogen-bond acceptors (Lipinski definition) is 6. The Morgan fingerprint density at radius 1 is 0.350 bits per heavy atom. The van der Waals surface area contributed by atoms with E-state index in [4.69, 9.17) is 14.2 Å². The van der Waals surface area contributed by atoms with Crippen LogP contribution in [0.4, 0.5) is 0 Å². The number of carbonyl (C=O) groups is 3. The Morgan fingerprint density at radius 3 is 1.05 bits per heavy atom. The molecule has 0 aromatic carbocycles. The zero-order valence-corrected chi connectivity index (χ0v) is 39.5. The molecule has 1 atom stereocenters. The molecule has 0 amide bonds. The second-order valence-corrected chi connectivity index (χ2v) is 16.7. The summed E-state index contributed by atoms with van der Waals surface area (Å²) >= 11 is 0. The Hall–Kier alpha value is -2.89. The van der Waals surface area contributed by atoms with Gasteiger partial charge < -0.3 is 14.2 Å². The van der Waals surface area contributed by atoms with E-state index in [0.29, 0.717) is 19.3 Å². The fourth-order valence-electron chi connectivity index (χ4n) is 6.96. The SMILES string of the molecule is CC/C=C\C/C=C\C/C=C\CCCCCCC(=O)OC(COC(=O)CCCCCCCCC/C=C\C/C=C\CCCCC)COC(=O)CCCCCCCCCCCCC. The summed E-state index contributed by atoms with van der Waals surface area (Å²) in [5.74, 6) is -0.913. The summed E-state index contributed by atoms with van der Waals surface area (Å²) in [6.07, 6.45) is 59.1. The molecule has 0 aliphatic carbocycles. The molecule has 6 heteroatoms. The van der Waals surface area contributed by atoms with E-state index in [-0.39, 0.29) is 31.1 Å². The van der Waals surface area contributed by atoms with E-state index in [0.717, 1.165) is 103 Å². The molecule has 6 nitrogen and oxygen atoms in total. The van der Waals surface area contributed by atoms with Gasteiger partial charge in [-0.1, -0.05) is 204 Å². The van der Waals surface area contributed by atoms with Crippen molar-refractivity contribution in [2.75, 3.05) is 13.2 Å². The third kappa shape index (κ3) is 46.2. The lowest BCUT2D eigenvalue weighted by molar-refractivity contribution is -0.167. The zero-order chi connectivity index (χ0) is 43.7. The van der Waals surface area contributed by atoms with Crippen molar-refractivity contribution in [1.82, 2.24) is 0 Å². The van der Waals surface area contributed by atoms with Crippen molar-refractivity contribution in [2.45, 2.75) is 252 Å². The van der Waals surface area contributed by atoms with Gasteiger partial charge >= 0.3 is 17.9 Å². The Kier molecular flexibility index (Phi) is 46.4. The van der Waals surface area contributed by atoms with Gasteiger partial charge in [-0.25, -0.2) is 0 Å². The molecule has 0 saturated carbocycles. The van der Waals surface area contributed by atoms with Crippen LogP contribution in [-0.4, -0.2) is 37.2 Å². The molecule has 0 aliphatic rings. The maximum Gasteiger partial charge on any atom is 0.306 e. The first-order valence-electron chi connectivity index (χ1n) is 25.3. The number of rotatable bonds is 45. The summed E-state index contributed by atoms with van der Waals surface area (Å²) in [5, 5.41) is 0. The van der Waals surface area contributed by atoms with Crippen molar-refractivity contribution >= 4 is 17.9 Å². The molecule has 0 spiro atoms. The zero-order valence-electron chi connectivity index (χ0n) is 39.5. The number of ether oxygens (including phenoxy) is 3. The van der Waals surface area contributed by atoms with E-state index in [1.54, 1.807) is 0 Å². The standard InChI is InChI=1S/C54H94O6/c1-4-7-10-13-16-19-22-24-26-27-28-30-32-35-38-41-44-47-53(56)59-50-51(49-58-52(55)46-43-40-37-34-31-21-18-15-12-9-6-3)60-54(57)48-45-42-39-36-33-29-25-23-20-17-14-11-8-5-2/h8,11,16-17,19-20,24-26,29,51H,4-7,9-10,12-15,18,21-23,27-28,30-50H2,1-3H3/b11-8-,19-16-,20-17-,26-24-,29-25-. The van der Waals surface area contributed by atoms with Crippen molar-refractivity contribution in [2.24, 2.45) is 0 Å². The smallest absolute Gasteiger partial charge is 0.306 e. The van der Waals surface area contributed by atoms with Crippen LogP contribution < -0.4 is 0 Å². The van der Waals surface area contributed by atoms with Crippen molar-refractivity contribution < 1.29 is 28.6 Å². The van der Waals surface area contributed by atoms with Gasteiger partial charge in [0.1, 0.15) is 13.2 Å². The first kappa shape index (κ1) is 57.1. The first-order chi connectivity index (χ1) is 29.5. The Balaban J connectivity index is 4.39.